The number of quaternary nitrogens is 1. The number of anilines is 1. The van der Waals surface area contributed by atoms with E-state index in [0.29, 0.717) is 6.54 Å². The Hall–Kier alpha value is -3.77. The van der Waals surface area contributed by atoms with Crippen molar-refractivity contribution in [2.75, 3.05) is 25.0 Å². The van der Waals surface area contributed by atoms with Crippen molar-refractivity contribution in [1.82, 2.24) is 0 Å². The maximum atomic E-state index is 12.0. The maximum Gasteiger partial charge on any atom is 0.290 e. The van der Waals surface area contributed by atoms with Crippen LogP contribution in [0.3, 0.4) is 0 Å². The van der Waals surface area contributed by atoms with Gasteiger partial charge >= 0.3 is 0 Å². The summed E-state index contributed by atoms with van der Waals surface area (Å²) >= 11 is 0. The van der Waals surface area contributed by atoms with Gasteiger partial charge in [0.2, 0.25) is 5.78 Å². The number of hydrogen-bond donors (Lipinski definition) is 3. The Kier molecular flexibility index (Phi) is 13.5. The predicted molar refractivity (Wildman–Crippen MR) is 153 cm³/mol. The molecule has 1 unspecified atom stereocenters. The summed E-state index contributed by atoms with van der Waals surface area (Å²) in [6, 6.07) is 27.6. The van der Waals surface area contributed by atoms with Gasteiger partial charge in [0.1, 0.15) is 6.54 Å². The minimum absolute atomic E-state index is 0.0818. The standard InChI is InChI=1S/C16H17NO.C15H21NO.CH2O2/c1-12(14-8-4-3-5-9-14)17-16-11-7-6-10-15(16)13(2)18;1-2-13-8-10-16(11-9-13)12-15(17)14-6-4-3-5-7-14;2-1-3/h3-12,17H,1-2H3;3-7,13H,2,8-12H2,1H3;1H,(H,2,3)/p+1. The van der Waals surface area contributed by atoms with E-state index >= 15 is 0 Å². The molecule has 1 saturated heterocycles. The van der Waals surface area contributed by atoms with E-state index in [1.165, 1.54) is 29.7 Å². The molecule has 1 fully saturated rings. The molecule has 3 aromatic rings. The minimum atomic E-state index is -0.250. The number of benzene rings is 3. The van der Waals surface area contributed by atoms with Crippen LogP contribution in [0.5, 0.6) is 0 Å². The molecule has 6 nitrogen and oxygen atoms in total. The first-order valence-corrected chi connectivity index (χ1v) is 13.3. The molecule has 6 heteroatoms. The summed E-state index contributed by atoms with van der Waals surface area (Å²) in [7, 11) is 0. The lowest BCUT2D eigenvalue weighted by molar-refractivity contribution is -0.897. The highest BCUT2D eigenvalue weighted by Gasteiger charge is 2.23. The highest BCUT2D eigenvalue weighted by Crippen LogP contribution is 2.22. The molecule has 0 spiro atoms. The molecule has 1 aliphatic heterocycles. The molecule has 0 saturated carbocycles. The summed E-state index contributed by atoms with van der Waals surface area (Å²) < 4.78 is 0. The largest absolute Gasteiger partial charge is 0.483 e. The fourth-order valence-electron chi connectivity index (χ4n) is 4.60. The van der Waals surface area contributed by atoms with E-state index in [1.807, 2.05) is 72.8 Å². The Morgan fingerprint density at radius 2 is 1.47 bits per heavy atom. The van der Waals surface area contributed by atoms with Crippen LogP contribution in [0.4, 0.5) is 5.69 Å². The predicted octanol–water partition coefficient (Wildman–Crippen LogP) is 5.34. The molecule has 0 aliphatic carbocycles. The Bertz CT molecular complexity index is 1110. The smallest absolute Gasteiger partial charge is 0.290 e. The number of piperidine rings is 1. The van der Waals surface area contributed by atoms with Crippen molar-refractivity contribution >= 4 is 23.7 Å². The highest BCUT2D eigenvalue weighted by atomic mass is 16.3. The van der Waals surface area contributed by atoms with Gasteiger partial charge in [-0.3, -0.25) is 14.4 Å². The van der Waals surface area contributed by atoms with Crippen molar-refractivity contribution in [3.63, 3.8) is 0 Å². The van der Waals surface area contributed by atoms with Crippen LogP contribution >= 0.6 is 0 Å². The monoisotopic (exact) mass is 517 g/mol. The number of para-hydroxylation sites is 1. The second kappa shape index (κ2) is 16.9. The fraction of sp³-hybridized carbons (Fsp3) is 0.344. The van der Waals surface area contributed by atoms with E-state index in [9.17, 15) is 9.59 Å². The molecule has 3 N–H and O–H groups in total. The first kappa shape index (κ1) is 30.5. The van der Waals surface area contributed by atoms with Crippen molar-refractivity contribution in [2.24, 2.45) is 5.92 Å². The Balaban J connectivity index is 0.000000242. The third-order valence-electron chi connectivity index (χ3n) is 6.87. The van der Waals surface area contributed by atoms with Gasteiger partial charge < -0.3 is 15.3 Å². The van der Waals surface area contributed by atoms with Crippen LogP contribution in [0, 0.1) is 5.92 Å². The van der Waals surface area contributed by atoms with E-state index in [1.54, 1.807) is 6.92 Å². The molecule has 1 heterocycles. The summed E-state index contributed by atoms with van der Waals surface area (Å²) in [6.45, 7) is 8.69. The van der Waals surface area contributed by atoms with Gasteiger partial charge in [-0.15, -0.1) is 0 Å². The molecule has 0 amide bonds. The average molecular weight is 518 g/mol. The lowest BCUT2D eigenvalue weighted by Gasteiger charge is -2.28. The van der Waals surface area contributed by atoms with Crippen molar-refractivity contribution in [2.45, 2.75) is 46.1 Å². The zero-order valence-corrected chi connectivity index (χ0v) is 22.7. The minimum Gasteiger partial charge on any atom is -0.483 e. The number of likely N-dealkylation sites (tertiary alicyclic amines) is 1. The van der Waals surface area contributed by atoms with Crippen molar-refractivity contribution in [3.8, 4) is 0 Å². The van der Waals surface area contributed by atoms with Crippen molar-refractivity contribution in [1.29, 1.82) is 0 Å². The lowest BCUT2D eigenvalue weighted by atomic mass is 9.94. The summed E-state index contributed by atoms with van der Waals surface area (Å²) in [4.78, 5) is 33.4. The van der Waals surface area contributed by atoms with Crippen molar-refractivity contribution in [3.05, 3.63) is 102 Å². The van der Waals surface area contributed by atoms with Crippen LogP contribution in [-0.2, 0) is 4.79 Å². The number of hydrogen-bond acceptors (Lipinski definition) is 4. The van der Waals surface area contributed by atoms with Crippen LogP contribution in [0.25, 0.3) is 0 Å². The third kappa shape index (κ3) is 10.3. The summed E-state index contributed by atoms with van der Waals surface area (Å²) in [6.07, 6.45) is 3.86. The van der Waals surface area contributed by atoms with Crippen LogP contribution in [0.1, 0.15) is 72.4 Å². The second-order valence-electron chi connectivity index (χ2n) is 9.55. The van der Waals surface area contributed by atoms with Gasteiger partial charge in [-0.25, -0.2) is 0 Å². The first-order valence-electron chi connectivity index (χ1n) is 13.3. The third-order valence-corrected chi connectivity index (χ3v) is 6.87. The molecule has 38 heavy (non-hydrogen) atoms. The molecular formula is C32H41N2O4+. The molecule has 3 aromatic carbocycles. The molecule has 202 valence electrons. The summed E-state index contributed by atoms with van der Waals surface area (Å²) in [5, 5.41) is 10.3. The van der Waals surface area contributed by atoms with Gasteiger partial charge in [0.05, 0.1) is 13.1 Å². The van der Waals surface area contributed by atoms with E-state index in [0.717, 1.165) is 35.8 Å². The fourth-order valence-corrected chi connectivity index (χ4v) is 4.60. The van der Waals surface area contributed by atoms with Gasteiger partial charge in [-0.2, -0.15) is 0 Å². The van der Waals surface area contributed by atoms with Crippen LogP contribution < -0.4 is 10.2 Å². The topological polar surface area (TPSA) is 87.9 Å². The van der Waals surface area contributed by atoms with Gasteiger partial charge in [0, 0.05) is 22.9 Å². The Morgan fingerprint density at radius 1 is 0.947 bits per heavy atom. The number of Topliss-reactive ketones (excluding diaryl/α,β-unsaturated/α-hetero) is 2. The van der Waals surface area contributed by atoms with Gasteiger partial charge in [0.25, 0.3) is 6.47 Å². The van der Waals surface area contributed by atoms with Crippen LogP contribution in [0.2, 0.25) is 0 Å². The van der Waals surface area contributed by atoms with Gasteiger partial charge in [-0.05, 0) is 50.3 Å². The van der Waals surface area contributed by atoms with Gasteiger partial charge in [-0.1, -0.05) is 86.1 Å². The van der Waals surface area contributed by atoms with E-state index in [4.69, 9.17) is 9.90 Å². The molecule has 1 aliphatic rings. The number of nitrogens with one attached hydrogen (secondary N) is 2. The number of carbonyl (C=O) groups is 3. The van der Waals surface area contributed by atoms with E-state index in [2.05, 4.69) is 31.3 Å². The average Bonchev–Trinajstić information content (AvgIpc) is 2.95. The summed E-state index contributed by atoms with van der Waals surface area (Å²) in [5.74, 6) is 1.26. The van der Waals surface area contributed by atoms with E-state index < -0.39 is 0 Å². The SMILES string of the molecule is CC(=O)c1ccccc1NC(C)c1ccccc1.CCC1CC[NH+](CC(=O)c2ccccc2)CC1.O=CO. The molecule has 4 rings (SSSR count). The molecule has 0 bridgehead atoms. The second-order valence-corrected chi connectivity index (χ2v) is 9.55. The van der Waals surface area contributed by atoms with Crippen molar-refractivity contribution < 1.29 is 24.4 Å². The maximum absolute atomic E-state index is 12.0. The molecular weight excluding hydrogens is 476 g/mol. The lowest BCUT2D eigenvalue weighted by Crippen LogP contribution is -3.13. The quantitative estimate of drug-likeness (QED) is 0.277. The zero-order valence-electron chi connectivity index (χ0n) is 22.7. The first-order chi connectivity index (χ1) is 18.4. The number of carbonyl (C=O) groups excluding carboxylic acids is 2. The number of ketones is 2. The van der Waals surface area contributed by atoms with E-state index in [-0.39, 0.29) is 24.1 Å². The Morgan fingerprint density at radius 3 is 2.03 bits per heavy atom. The van der Waals surface area contributed by atoms with Gasteiger partial charge in [0.15, 0.2) is 5.78 Å². The molecule has 0 radical (unpaired) electrons. The summed E-state index contributed by atoms with van der Waals surface area (Å²) in [5.41, 5.74) is 3.69. The zero-order chi connectivity index (χ0) is 27.8. The number of rotatable bonds is 8. The van der Waals surface area contributed by atoms with Crippen LogP contribution in [0.15, 0.2) is 84.9 Å². The van der Waals surface area contributed by atoms with Crippen LogP contribution in [-0.4, -0.2) is 42.8 Å². The molecule has 0 aromatic heterocycles. The highest BCUT2D eigenvalue weighted by molar-refractivity contribution is 5.99. The molecule has 1 atom stereocenters. The number of carboxylic acid groups (broad SMARTS) is 1. The normalized spacial score (nSPS) is 16.9. The Labute approximate surface area is 226 Å².